The summed E-state index contributed by atoms with van der Waals surface area (Å²) in [7, 11) is 0. The SMILES string of the molecule is CC(C)C1CCCN1C(=O)C(N)CCc1ccccc1. The van der Waals surface area contributed by atoms with Crippen LogP contribution in [-0.2, 0) is 11.2 Å². The highest BCUT2D eigenvalue weighted by Gasteiger charge is 2.32. The molecule has 1 aromatic carbocycles. The van der Waals surface area contributed by atoms with Crippen molar-refractivity contribution in [3.05, 3.63) is 35.9 Å². The summed E-state index contributed by atoms with van der Waals surface area (Å²) in [6.45, 7) is 5.25. The third kappa shape index (κ3) is 3.60. The molecule has 1 heterocycles. The Morgan fingerprint density at radius 2 is 2.05 bits per heavy atom. The lowest BCUT2D eigenvalue weighted by molar-refractivity contribution is -0.134. The van der Waals surface area contributed by atoms with E-state index in [4.69, 9.17) is 5.73 Å². The van der Waals surface area contributed by atoms with Crippen molar-refractivity contribution >= 4 is 5.91 Å². The number of hydrogen-bond acceptors (Lipinski definition) is 2. The van der Waals surface area contributed by atoms with Gasteiger partial charge in [-0.1, -0.05) is 44.2 Å². The van der Waals surface area contributed by atoms with Crippen LogP contribution in [-0.4, -0.2) is 29.4 Å². The Morgan fingerprint density at radius 3 is 2.70 bits per heavy atom. The summed E-state index contributed by atoms with van der Waals surface area (Å²) in [6.07, 6.45) is 3.83. The number of nitrogens with two attached hydrogens (primary N) is 1. The number of likely N-dealkylation sites (tertiary alicyclic amines) is 1. The third-order valence-electron chi connectivity index (χ3n) is 4.26. The van der Waals surface area contributed by atoms with Gasteiger partial charge in [-0.2, -0.15) is 0 Å². The van der Waals surface area contributed by atoms with Crippen molar-refractivity contribution < 1.29 is 4.79 Å². The maximum absolute atomic E-state index is 12.5. The van der Waals surface area contributed by atoms with Crippen molar-refractivity contribution in [3.8, 4) is 0 Å². The van der Waals surface area contributed by atoms with Gasteiger partial charge in [0.2, 0.25) is 5.91 Å². The van der Waals surface area contributed by atoms with Crippen molar-refractivity contribution in [1.82, 2.24) is 4.90 Å². The normalized spacial score (nSPS) is 20.4. The lowest BCUT2D eigenvalue weighted by Gasteiger charge is -2.30. The molecule has 1 amide bonds. The fraction of sp³-hybridized carbons (Fsp3) is 0.588. The highest BCUT2D eigenvalue weighted by atomic mass is 16.2. The molecule has 3 nitrogen and oxygen atoms in total. The van der Waals surface area contributed by atoms with Crippen LogP contribution >= 0.6 is 0 Å². The molecule has 2 N–H and O–H groups in total. The Bertz CT molecular complexity index is 430. The van der Waals surface area contributed by atoms with Gasteiger partial charge in [0, 0.05) is 12.6 Å². The van der Waals surface area contributed by atoms with Crippen LogP contribution in [0.4, 0.5) is 0 Å². The zero-order valence-electron chi connectivity index (χ0n) is 12.6. The molecule has 2 atom stereocenters. The van der Waals surface area contributed by atoms with E-state index in [0.29, 0.717) is 12.0 Å². The van der Waals surface area contributed by atoms with Crippen LogP contribution in [0.15, 0.2) is 30.3 Å². The summed E-state index contributed by atoms with van der Waals surface area (Å²) < 4.78 is 0. The smallest absolute Gasteiger partial charge is 0.239 e. The van der Waals surface area contributed by atoms with Crippen LogP contribution in [0.25, 0.3) is 0 Å². The van der Waals surface area contributed by atoms with Crippen LogP contribution in [0.5, 0.6) is 0 Å². The first-order valence-corrected chi connectivity index (χ1v) is 7.69. The van der Waals surface area contributed by atoms with Crippen molar-refractivity contribution in [3.63, 3.8) is 0 Å². The highest BCUT2D eigenvalue weighted by Crippen LogP contribution is 2.24. The summed E-state index contributed by atoms with van der Waals surface area (Å²) >= 11 is 0. The van der Waals surface area contributed by atoms with Gasteiger partial charge in [0.1, 0.15) is 0 Å². The predicted octanol–water partition coefficient (Wildman–Crippen LogP) is 2.59. The van der Waals surface area contributed by atoms with Crippen LogP contribution in [0, 0.1) is 5.92 Å². The molecule has 3 heteroatoms. The molecule has 0 aromatic heterocycles. The zero-order chi connectivity index (χ0) is 14.5. The number of nitrogens with zero attached hydrogens (tertiary/aromatic N) is 1. The maximum Gasteiger partial charge on any atom is 0.239 e. The maximum atomic E-state index is 12.5. The summed E-state index contributed by atoms with van der Waals surface area (Å²) in [4.78, 5) is 14.5. The number of aryl methyl sites for hydroxylation is 1. The van der Waals surface area contributed by atoms with Gasteiger partial charge in [-0.15, -0.1) is 0 Å². The molecule has 110 valence electrons. The minimum atomic E-state index is -0.366. The topological polar surface area (TPSA) is 46.3 Å². The monoisotopic (exact) mass is 274 g/mol. The minimum absolute atomic E-state index is 0.136. The summed E-state index contributed by atoms with van der Waals surface area (Å²) in [6, 6.07) is 10.2. The second-order valence-electron chi connectivity index (χ2n) is 6.12. The fourth-order valence-electron chi connectivity index (χ4n) is 3.06. The van der Waals surface area contributed by atoms with Crippen molar-refractivity contribution in [2.75, 3.05) is 6.54 Å². The number of rotatable bonds is 5. The van der Waals surface area contributed by atoms with Crippen LogP contribution in [0.1, 0.15) is 38.7 Å². The first kappa shape index (κ1) is 15.0. The fourth-order valence-corrected chi connectivity index (χ4v) is 3.06. The van der Waals surface area contributed by atoms with Crippen LogP contribution in [0.3, 0.4) is 0 Å². The van der Waals surface area contributed by atoms with Gasteiger partial charge in [-0.3, -0.25) is 4.79 Å². The van der Waals surface area contributed by atoms with E-state index >= 15 is 0 Å². The molecule has 0 aliphatic carbocycles. The van der Waals surface area contributed by atoms with E-state index in [1.807, 2.05) is 23.1 Å². The number of carbonyl (C=O) groups is 1. The molecule has 1 aromatic rings. The minimum Gasteiger partial charge on any atom is -0.338 e. The first-order chi connectivity index (χ1) is 9.59. The van der Waals surface area contributed by atoms with E-state index in [-0.39, 0.29) is 11.9 Å². The van der Waals surface area contributed by atoms with E-state index < -0.39 is 0 Å². The molecule has 20 heavy (non-hydrogen) atoms. The molecule has 2 rings (SSSR count). The van der Waals surface area contributed by atoms with E-state index in [0.717, 1.165) is 32.2 Å². The molecular weight excluding hydrogens is 248 g/mol. The van der Waals surface area contributed by atoms with Gasteiger partial charge < -0.3 is 10.6 Å². The largest absolute Gasteiger partial charge is 0.338 e. The van der Waals surface area contributed by atoms with Crippen molar-refractivity contribution in [2.24, 2.45) is 11.7 Å². The number of benzene rings is 1. The standard InChI is InChI=1S/C17H26N2O/c1-13(2)16-9-6-12-19(16)17(20)15(18)11-10-14-7-4-3-5-8-14/h3-5,7-8,13,15-16H,6,9-12,18H2,1-2H3. The highest BCUT2D eigenvalue weighted by molar-refractivity contribution is 5.82. The third-order valence-corrected chi connectivity index (χ3v) is 4.26. The van der Waals surface area contributed by atoms with Gasteiger partial charge in [0.25, 0.3) is 0 Å². The molecular formula is C17H26N2O. The summed E-state index contributed by atoms with van der Waals surface area (Å²) in [5.41, 5.74) is 7.36. The van der Waals surface area contributed by atoms with E-state index in [2.05, 4.69) is 26.0 Å². The van der Waals surface area contributed by atoms with Crippen molar-refractivity contribution in [1.29, 1.82) is 0 Å². The Labute approximate surface area is 122 Å². The lowest BCUT2D eigenvalue weighted by atomic mass is 10.0. The lowest BCUT2D eigenvalue weighted by Crippen LogP contribution is -2.47. The Balaban J connectivity index is 1.88. The van der Waals surface area contributed by atoms with E-state index in [9.17, 15) is 4.79 Å². The predicted molar refractivity (Wildman–Crippen MR) is 82.3 cm³/mol. The molecule has 2 unspecified atom stereocenters. The Morgan fingerprint density at radius 1 is 1.35 bits per heavy atom. The zero-order valence-corrected chi connectivity index (χ0v) is 12.6. The number of amides is 1. The van der Waals surface area contributed by atoms with Crippen molar-refractivity contribution in [2.45, 2.75) is 51.6 Å². The molecule has 1 aliphatic rings. The molecule has 0 radical (unpaired) electrons. The Kier molecular flexibility index (Phi) is 5.18. The summed E-state index contributed by atoms with van der Waals surface area (Å²) in [5, 5.41) is 0. The molecule has 0 saturated carbocycles. The molecule has 0 bridgehead atoms. The molecule has 0 spiro atoms. The Hall–Kier alpha value is -1.35. The van der Waals surface area contributed by atoms with Gasteiger partial charge in [0.05, 0.1) is 6.04 Å². The average Bonchev–Trinajstić information content (AvgIpc) is 2.94. The second-order valence-corrected chi connectivity index (χ2v) is 6.12. The van der Waals surface area contributed by atoms with E-state index in [1.54, 1.807) is 0 Å². The second kappa shape index (κ2) is 6.89. The molecule has 1 fully saturated rings. The summed E-state index contributed by atoms with van der Waals surface area (Å²) in [5.74, 6) is 0.653. The quantitative estimate of drug-likeness (QED) is 0.897. The van der Waals surface area contributed by atoms with E-state index in [1.165, 1.54) is 5.56 Å². The number of hydrogen-bond donors (Lipinski definition) is 1. The van der Waals surface area contributed by atoms with Crippen LogP contribution < -0.4 is 5.73 Å². The molecule has 1 saturated heterocycles. The molecule has 1 aliphatic heterocycles. The van der Waals surface area contributed by atoms with Gasteiger partial charge in [-0.05, 0) is 37.2 Å². The van der Waals surface area contributed by atoms with Gasteiger partial charge >= 0.3 is 0 Å². The van der Waals surface area contributed by atoms with Crippen LogP contribution in [0.2, 0.25) is 0 Å². The first-order valence-electron chi connectivity index (χ1n) is 7.69. The van der Waals surface area contributed by atoms with Gasteiger partial charge in [0.15, 0.2) is 0 Å². The van der Waals surface area contributed by atoms with Gasteiger partial charge in [-0.25, -0.2) is 0 Å². The average molecular weight is 274 g/mol. The number of carbonyl (C=O) groups excluding carboxylic acids is 1.